The summed E-state index contributed by atoms with van der Waals surface area (Å²) in [6.45, 7) is 0. The van der Waals surface area contributed by atoms with Crippen molar-refractivity contribution in [3.63, 3.8) is 0 Å². The minimum Gasteiger partial charge on any atom is -0.497 e. The highest BCUT2D eigenvalue weighted by Crippen LogP contribution is 2.30. The number of hydrogen-bond acceptors (Lipinski definition) is 5. The standard InChI is InChI=1S/C19H23NO5/c1-22-15-9-13(10-16(12-15)23-2)5-8-19(21)20-14-6-7-17(24-3)18(11-14)25-4/h6-7,9-12H,5,8H2,1-4H3,(H,20,21). The van der Waals surface area contributed by atoms with Crippen LogP contribution in [0.25, 0.3) is 0 Å². The SMILES string of the molecule is COc1cc(CCC(=O)Nc2ccc(OC)c(OC)c2)cc(OC)c1. The molecule has 1 amide bonds. The number of anilines is 1. The predicted molar refractivity (Wildman–Crippen MR) is 96.0 cm³/mol. The number of carbonyl (C=O) groups excluding carboxylic acids is 1. The number of nitrogens with one attached hydrogen (secondary N) is 1. The van der Waals surface area contributed by atoms with E-state index in [1.165, 1.54) is 0 Å². The third kappa shape index (κ3) is 5.04. The molecule has 1 N–H and O–H groups in total. The second kappa shape index (κ2) is 8.82. The molecule has 0 atom stereocenters. The largest absolute Gasteiger partial charge is 0.497 e. The van der Waals surface area contributed by atoms with Gasteiger partial charge in [-0.1, -0.05) is 0 Å². The molecule has 0 unspecified atom stereocenters. The van der Waals surface area contributed by atoms with Crippen molar-refractivity contribution in [3.05, 3.63) is 42.0 Å². The maximum Gasteiger partial charge on any atom is 0.224 e. The predicted octanol–water partition coefficient (Wildman–Crippen LogP) is 3.29. The summed E-state index contributed by atoms with van der Waals surface area (Å²) in [6.07, 6.45) is 0.914. The normalized spacial score (nSPS) is 10.1. The van der Waals surface area contributed by atoms with Crippen LogP contribution in [0.1, 0.15) is 12.0 Å². The lowest BCUT2D eigenvalue weighted by Gasteiger charge is -2.11. The Hall–Kier alpha value is -2.89. The summed E-state index contributed by atoms with van der Waals surface area (Å²) in [5.41, 5.74) is 1.63. The molecule has 134 valence electrons. The van der Waals surface area contributed by atoms with Crippen molar-refractivity contribution in [2.45, 2.75) is 12.8 Å². The lowest BCUT2D eigenvalue weighted by molar-refractivity contribution is -0.116. The monoisotopic (exact) mass is 345 g/mol. The van der Waals surface area contributed by atoms with Crippen molar-refractivity contribution >= 4 is 11.6 Å². The second-order valence-corrected chi connectivity index (χ2v) is 5.34. The first-order chi connectivity index (χ1) is 12.1. The van der Waals surface area contributed by atoms with Gasteiger partial charge in [0.15, 0.2) is 11.5 Å². The van der Waals surface area contributed by atoms with E-state index in [2.05, 4.69) is 5.32 Å². The average molecular weight is 345 g/mol. The van der Waals surface area contributed by atoms with E-state index in [0.29, 0.717) is 41.5 Å². The van der Waals surface area contributed by atoms with Gasteiger partial charge in [0.05, 0.1) is 28.4 Å². The fourth-order valence-corrected chi connectivity index (χ4v) is 2.41. The molecule has 0 aliphatic heterocycles. The lowest BCUT2D eigenvalue weighted by Crippen LogP contribution is -2.12. The molecule has 0 bridgehead atoms. The van der Waals surface area contributed by atoms with Crippen LogP contribution in [0, 0.1) is 0 Å². The average Bonchev–Trinajstić information content (AvgIpc) is 2.65. The van der Waals surface area contributed by atoms with Crippen LogP contribution >= 0.6 is 0 Å². The second-order valence-electron chi connectivity index (χ2n) is 5.34. The van der Waals surface area contributed by atoms with Crippen molar-refractivity contribution in [2.24, 2.45) is 0 Å². The molecule has 25 heavy (non-hydrogen) atoms. The summed E-state index contributed by atoms with van der Waals surface area (Å²) in [5, 5.41) is 2.86. The number of rotatable bonds is 8. The number of ether oxygens (including phenoxy) is 4. The Morgan fingerprint density at radius 3 is 2.04 bits per heavy atom. The van der Waals surface area contributed by atoms with E-state index in [9.17, 15) is 4.79 Å². The maximum atomic E-state index is 12.2. The molecular weight excluding hydrogens is 322 g/mol. The molecular formula is C19H23NO5. The van der Waals surface area contributed by atoms with Crippen LogP contribution in [0.15, 0.2) is 36.4 Å². The molecule has 0 aliphatic rings. The van der Waals surface area contributed by atoms with Gasteiger partial charge in [-0.3, -0.25) is 4.79 Å². The fourth-order valence-electron chi connectivity index (χ4n) is 2.41. The van der Waals surface area contributed by atoms with Gasteiger partial charge in [0.2, 0.25) is 5.91 Å². The summed E-state index contributed by atoms with van der Waals surface area (Å²) < 4.78 is 20.9. The number of methoxy groups -OCH3 is 4. The summed E-state index contributed by atoms with van der Waals surface area (Å²) in [7, 11) is 6.32. The molecule has 0 saturated carbocycles. The molecule has 0 heterocycles. The van der Waals surface area contributed by atoms with Crippen molar-refractivity contribution in [1.29, 1.82) is 0 Å². The third-order valence-electron chi connectivity index (χ3n) is 3.72. The van der Waals surface area contributed by atoms with Crippen molar-refractivity contribution < 1.29 is 23.7 Å². The number of amides is 1. The fraction of sp³-hybridized carbons (Fsp3) is 0.316. The van der Waals surface area contributed by atoms with E-state index in [1.807, 2.05) is 12.1 Å². The molecule has 2 rings (SSSR count). The van der Waals surface area contributed by atoms with Gasteiger partial charge in [0, 0.05) is 24.2 Å². The van der Waals surface area contributed by atoms with Crippen molar-refractivity contribution in [2.75, 3.05) is 33.8 Å². The highest BCUT2D eigenvalue weighted by Gasteiger charge is 2.09. The Kier molecular flexibility index (Phi) is 6.51. The van der Waals surface area contributed by atoms with Gasteiger partial charge in [0.25, 0.3) is 0 Å². The molecule has 6 nitrogen and oxygen atoms in total. The van der Waals surface area contributed by atoms with Gasteiger partial charge in [-0.2, -0.15) is 0 Å². The van der Waals surface area contributed by atoms with Gasteiger partial charge in [-0.25, -0.2) is 0 Å². The van der Waals surface area contributed by atoms with Gasteiger partial charge in [0.1, 0.15) is 11.5 Å². The van der Waals surface area contributed by atoms with E-state index in [0.717, 1.165) is 5.56 Å². The summed E-state index contributed by atoms with van der Waals surface area (Å²) in [5.74, 6) is 2.50. The minimum absolute atomic E-state index is 0.0889. The minimum atomic E-state index is -0.0889. The Bertz CT molecular complexity index is 707. The van der Waals surface area contributed by atoms with E-state index in [-0.39, 0.29) is 5.91 Å². The van der Waals surface area contributed by atoms with Crippen LogP contribution < -0.4 is 24.3 Å². The van der Waals surface area contributed by atoms with Gasteiger partial charge >= 0.3 is 0 Å². The van der Waals surface area contributed by atoms with Crippen LogP contribution in [-0.4, -0.2) is 34.3 Å². The van der Waals surface area contributed by atoms with E-state index in [1.54, 1.807) is 52.7 Å². The highest BCUT2D eigenvalue weighted by molar-refractivity contribution is 5.91. The Morgan fingerprint density at radius 1 is 0.840 bits per heavy atom. The Morgan fingerprint density at radius 2 is 1.48 bits per heavy atom. The summed E-state index contributed by atoms with van der Waals surface area (Å²) >= 11 is 0. The topological polar surface area (TPSA) is 66.0 Å². The molecule has 0 aromatic heterocycles. The first-order valence-corrected chi connectivity index (χ1v) is 7.83. The van der Waals surface area contributed by atoms with Crippen LogP contribution in [0.3, 0.4) is 0 Å². The van der Waals surface area contributed by atoms with Gasteiger partial charge < -0.3 is 24.3 Å². The molecule has 0 radical (unpaired) electrons. The Balaban J connectivity index is 1.99. The first kappa shape index (κ1) is 18.4. The van der Waals surface area contributed by atoms with Crippen molar-refractivity contribution in [3.8, 4) is 23.0 Å². The molecule has 0 spiro atoms. The first-order valence-electron chi connectivity index (χ1n) is 7.83. The molecule has 6 heteroatoms. The number of aryl methyl sites for hydroxylation is 1. The Labute approximate surface area is 147 Å². The van der Waals surface area contributed by atoms with Crippen LogP contribution in [-0.2, 0) is 11.2 Å². The maximum absolute atomic E-state index is 12.2. The van der Waals surface area contributed by atoms with Crippen LogP contribution in [0.4, 0.5) is 5.69 Å². The molecule has 0 saturated heterocycles. The zero-order valence-electron chi connectivity index (χ0n) is 14.9. The van der Waals surface area contributed by atoms with Crippen LogP contribution in [0.5, 0.6) is 23.0 Å². The lowest BCUT2D eigenvalue weighted by atomic mass is 10.1. The zero-order valence-corrected chi connectivity index (χ0v) is 14.9. The molecule has 0 aliphatic carbocycles. The smallest absolute Gasteiger partial charge is 0.224 e. The number of benzene rings is 2. The summed E-state index contributed by atoms with van der Waals surface area (Å²) in [6, 6.07) is 10.8. The zero-order chi connectivity index (χ0) is 18.2. The van der Waals surface area contributed by atoms with Gasteiger partial charge in [-0.05, 0) is 36.2 Å². The number of hydrogen-bond donors (Lipinski definition) is 1. The van der Waals surface area contributed by atoms with Gasteiger partial charge in [-0.15, -0.1) is 0 Å². The van der Waals surface area contributed by atoms with E-state index < -0.39 is 0 Å². The van der Waals surface area contributed by atoms with E-state index >= 15 is 0 Å². The molecule has 2 aromatic carbocycles. The quantitative estimate of drug-likeness (QED) is 0.795. The molecule has 0 fully saturated rings. The molecule has 2 aromatic rings. The highest BCUT2D eigenvalue weighted by atomic mass is 16.5. The van der Waals surface area contributed by atoms with Crippen molar-refractivity contribution in [1.82, 2.24) is 0 Å². The van der Waals surface area contributed by atoms with E-state index in [4.69, 9.17) is 18.9 Å². The third-order valence-corrected chi connectivity index (χ3v) is 3.72. The van der Waals surface area contributed by atoms with Crippen LogP contribution in [0.2, 0.25) is 0 Å². The number of carbonyl (C=O) groups is 1. The summed E-state index contributed by atoms with van der Waals surface area (Å²) in [4.78, 5) is 12.2.